The van der Waals surface area contributed by atoms with Gasteiger partial charge in [0.1, 0.15) is 5.75 Å². The normalized spacial score (nSPS) is 19.9. The maximum Gasteiger partial charge on any atom is 0.163 e. The number of para-hydroxylation sites is 2. The standard InChI is InChI=1S/C27H26N2O2S/c1-31-20-11-7-17(8-12-20)19-15-24-26(25(30)16-19)27(18-9-13-21(32-2)14-10-18)29-23-6-4-3-5-22(23)28-24/h3-14,19,27-29H,15-16H2,1-2H3/t19-,27-/m1/s1. The lowest BCUT2D eigenvalue weighted by molar-refractivity contribution is -0.116. The number of benzene rings is 3. The summed E-state index contributed by atoms with van der Waals surface area (Å²) in [4.78, 5) is 14.8. The highest BCUT2D eigenvalue weighted by Gasteiger charge is 2.36. The van der Waals surface area contributed by atoms with Crippen molar-refractivity contribution in [2.24, 2.45) is 0 Å². The van der Waals surface area contributed by atoms with Gasteiger partial charge < -0.3 is 15.4 Å². The number of ether oxygens (including phenoxy) is 1. The van der Waals surface area contributed by atoms with E-state index in [1.54, 1.807) is 18.9 Å². The number of hydrogen-bond donors (Lipinski definition) is 2. The smallest absolute Gasteiger partial charge is 0.163 e. The number of hydrogen-bond acceptors (Lipinski definition) is 5. The average Bonchev–Trinajstić information content (AvgIpc) is 3.01. The van der Waals surface area contributed by atoms with E-state index < -0.39 is 0 Å². The van der Waals surface area contributed by atoms with Crippen LogP contribution in [0.3, 0.4) is 0 Å². The minimum Gasteiger partial charge on any atom is -0.497 e. The number of ketones is 1. The SMILES string of the molecule is COc1ccc([C@H]2CC(=O)C3=C(C2)Nc2ccccc2N[C@@H]3c2ccc(SC)cc2)cc1. The lowest BCUT2D eigenvalue weighted by atomic mass is 9.78. The van der Waals surface area contributed by atoms with Gasteiger partial charge in [-0.05, 0) is 66.1 Å². The molecule has 1 heterocycles. The van der Waals surface area contributed by atoms with Crippen LogP contribution in [0.15, 0.2) is 89.0 Å². The van der Waals surface area contributed by atoms with Crippen molar-refractivity contribution >= 4 is 28.9 Å². The molecular weight excluding hydrogens is 416 g/mol. The fraction of sp³-hybridized carbons (Fsp3) is 0.222. The molecule has 0 saturated heterocycles. The topological polar surface area (TPSA) is 50.4 Å². The third-order valence-electron chi connectivity index (χ3n) is 6.35. The highest BCUT2D eigenvalue weighted by atomic mass is 32.2. The molecule has 3 aromatic rings. The zero-order chi connectivity index (χ0) is 22.1. The number of rotatable bonds is 4. The van der Waals surface area contributed by atoms with Crippen LogP contribution >= 0.6 is 11.8 Å². The van der Waals surface area contributed by atoms with Gasteiger partial charge in [0.15, 0.2) is 5.78 Å². The van der Waals surface area contributed by atoms with E-state index in [1.165, 1.54) is 10.5 Å². The predicted octanol–water partition coefficient (Wildman–Crippen LogP) is 6.40. The van der Waals surface area contributed by atoms with Gasteiger partial charge in [0.25, 0.3) is 0 Å². The van der Waals surface area contributed by atoms with E-state index in [4.69, 9.17) is 4.74 Å². The van der Waals surface area contributed by atoms with E-state index in [2.05, 4.69) is 65.4 Å². The van der Waals surface area contributed by atoms with Crippen molar-refractivity contribution in [2.45, 2.75) is 29.7 Å². The number of carbonyl (C=O) groups excluding carboxylic acids is 1. The Morgan fingerprint density at radius 1 is 0.875 bits per heavy atom. The molecule has 0 aromatic heterocycles. The number of fused-ring (bicyclic) bond motifs is 1. The molecule has 5 heteroatoms. The minimum absolute atomic E-state index is 0.143. The Kier molecular flexibility index (Phi) is 5.66. The molecule has 0 radical (unpaired) electrons. The Balaban J connectivity index is 1.56. The second kappa shape index (κ2) is 8.75. The molecule has 1 aliphatic carbocycles. The molecule has 0 unspecified atom stereocenters. The quantitative estimate of drug-likeness (QED) is 0.458. The lowest BCUT2D eigenvalue weighted by Crippen LogP contribution is -2.26. The first-order valence-electron chi connectivity index (χ1n) is 10.8. The van der Waals surface area contributed by atoms with Crippen molar-refractivity contribution in [2.75, 3.05) is 24.0 Å². The maximum absolute atomic E-state index is 13.6. The van der Waals surface area contributed by atoms with Crippen LogP contribution < -0.4 is 15.4 Å². The van der Waals surface area contributed by atoms with Crippen molar-refractivity contribution in [3.8, 4) is 5.75 Å². The lowest BCUT2D eigenvalue weighted by Gasteiger charge is -2.30. The van der Waals surface area contributed by atoms with Crippen molar-refractivity contribution in [3.63, 3.8) is 0 Å². The van der Waals surface area contributed by atoms with Crippen LogP contribution in [0.2, 0.25) is 0 Å². The third-order valence-corrected chi connectivity index (χ3v) is 7.09. The minimum atomic E-state index is -0.179. The van der Waals surface area contributed by atoms with Crippen LogP contribution in [-0.4, -0.2) is 19.1 Å². The largest absolute Gasteiger partial charge is 0.497 e. The Morgan fingerprint density at radius 2 is 1.56 bits per heavy atom. The van der Waals surface area contributed by atoms with E-state index in [0.29, 0.717) is 6.42 Å². The highest BCUT2D eigenvalue weighted by Crippen LogP contribution is 2.44. The average molecular weight is 443 g/mol. The molecule has 4 nitrogen and oxygen atoms in total. The van der Waals surface area contributed by atoms with Gasteiger partial charge in [-0.1, -0.05) is 36.4 Å². The van der Waals surface area contributed by atoms with Gasteiger partial charge in [-0.25, -0.2) is 0 Å². The van der Waals surface area contributed by atoms with E-state index >= 15 is 0 Å². The Morgan fingerprint density at radius 3 is 2.25 bits per heavy atom. The molecule has 32 heavy (non-hydrogen) atoms. The first kappa shape index (κ1) is 20.7. The summed E-state index contributed by atoms with van der Waals surface area (Å²) in [5, 5.41) is 7.25. The fourth-order valence-electron chi connectivity index (χ4n) is 4.65. The van der Waals surface area contributed by atoms with Crippen molar-refractivity contribution in [1.82, 2.24) is 0 Å². The molecule has 3 aromatic carbocycles. The van der Waals surface area contributed by atoms with Crippen LogP contribution in [0, 0.1) is 0 Å². The number of anilines is 2. The van der Waals surface area contributed by atoms with Crippen LogP contribution in [0.1, 0.15) is 35.9 Å². The van der Waals surface area contributed by atoms with Crippen LogP contribution in [0.5, 0.6) is 5.75 Å². The van der Waals surface area contributed by atoms with Crippen molar-refractivity contribution in [1.29, 1.82) is 0 Å². The van der Waals surface area contributed by atoms with E-state index in [1.807, 2.05) is 24.3 Å². The van der Waals surface area contributed by atoms with Crippen LogP contribution in [0.25, 0.3) is 0 Å². The summed E-state index contributed by atoms with van der Waals surface area (Å²) < 4.78 is 5.30. The van der Waals surface area contributed by atoms with Crippen LogP contribution in [-0.2, 0) is 4.79 Å². The fourth-order valence-corrected chi connectivity index (χ4v) is 5.06. The maximum atomic E-state index is 13.6. The summed E-state index contributed by atoms with van der Waals surface area (Å²) in [6.07, 6.45) is 3.37. The number of thioether (sulfide) groups is 1. The second-order valence-corrected chi connectivity index (χ2v) is 9.09. The zero-order valence-corrected chi connectivity index (χ0v) is 19.0. The molecule has 2 aliphatic rings. The van der Waals surface area contributed by atoms with Crippen molar-refractivity contribution < 1.29 is 9.53 Å². The number of Topliss-reactive ketones (excluding diaryl/α,β-unsaturated/α-hetero) is 1. The summed E-state index contributed by atoms with van der Waals surface area (Å²) in [6, 6.07) is 24.6. The summed E-state index contributed by atoms with van der Waals surface area (Å²) in [6.45, 7) is 0. The molecule has 0 amide bonds. The first-order valence-corrected chi connectivity index (χ1v) is 12.1. The molecule has 1 aliphatic heterocycles. The Hall–Kier alpha value is -3.18. The summed E-state index contributed by atoms with van der Waals surface area (Å²) in [7, 11) is 1.67. The van der Waals surface area contributed by atoms with Gasteiger partial charge >= 0.3 is 0 Å². The van der Waals surface area contributed by atoms with Gasteiger partial charge in [0.05, 0.1) is 24.5 Å². The molecule has 2 N–H and O–H groups in total. The molecule has 162 valence electrons. The number of methoxy groups -OCH3 is 1. The Bertz CT molecular complexity index is 1170. The van der Waals surface area contributed by atoms with E-state index in [-0.39, 0.29) is 17.7 Å². The summed E-state index contributed by atoms with van der Waals surface area (Å²) in [5.41, 5.74) is 6.14. The summed E-state index contributed by atoms with van der Waals surface area (Å²) >= 11 is 1.72. The first-order chi connectivity index (χ1) is 15.7. The molecule has 0 fully saturated rings. The second-order valence-electron chi connectivity index (χ2n) is 8.21. The van der Waals surface area contributed by atoms with Gasteiger partial charge in [0.2, 0.25) is 0 Å². The number of nitrogens with one attached hydrogen (secondary N) is 2. The zero-order valence-electron chi connectivity index (χ0n) is 18.2. The molecule has 0 bridgehead atoms. The number of carbonyl (C=O) groups is 1. The van der Waals surface area contributed by atoms with Gasteiger partial charge in [-0.2, -0.15) is 0 Å². The van der Waals surface area contributed by atoms with Gasteiger partial charge in [0, 0.05) is 22.6 Å². The number of allylic oxidation sites excluding steroid dienone is 1. The summed E-state index contributed by atoms with van der Waals surface area (Å²) in [5.74, 6) is 1.17. The monoisotopic (exact) mass is 442 g/mol. The van der Waals surface area contributed by atoms with E-state index in [0.717, 1.165) is 40.4 Å². The third kappa shape index (κ3) is 3.89. The molecule has 0 saturated carbocycles. The molecule has 0 spiro atoms. The molecular formula is C27H26N2O2S. The molecule has 2 atom stereocenters. The van der Waals surface area contributed by atoms with Gasteiger partial charge in [-0.3, -0.25) is 4.79 Å². The van der Waals surface area contributed by atoms with Gasteiger partial charge in [-0.15, -0.1) is 11.8 Å². The van der Waals surface area contributed by atoms with E-state index in [9.17, 15) is 4.79 Å². The highest BCUT2D eigenvalue weighted by molar-refractivity contribution is 7.98. The van der Waals surface area contributed by atoms with Crippen LogP contribution in [0.4, 0.5) is 11.4 Å². The molecule has 5 rings (SSSR count). The Labute approximate surface area is 193 Å². The predicted molar refractivity (Wildman–Crippen MR) is 132 cm³/mol. The van der Waals surface area contributed by atoms with Crippen molar-refractivity contribution in [3.05, 3.63) is 95.2 Å².